The van der Waals surface area contributed by atoms with E-state index in [0.29, 0.717) is 29.2 Å². The number of rotatable bonds is 10. The smallest absolute Gasteiger partial charge is 0.304 e. The topological polar surface area (TPSA) is 75.4 Å². The molecule has 0 saturated heterocycles. The number of aryl methyl sites for hydroxylation is 1. The Bertz CT molecular complexity index is 1420. The van der Waals surface area contributed by atoms with Crippen molar-refractivity contribution in [3.63, 3.8) is 0 Å². The highest BCUT2D eigenvalue weighted by Gasteiger charge is 2.45. The van der Waals surface area contributed by atoms with Crippen LogP contribution < -0.4 is 5.32 Å². The average Bonchev–Trinajstić information content (AvgIpc) is 3.59. The van der Waals surface area contributed by atoms with Crippen LogP contribution in [0.15, 0.2) is 71.3 Å². The Hall–Kier alpha value is -3.64. The van der Waals surface area contributed by atoms with E-state index in [-0.39, 0.29) is 23.7 Å². The van der Waals surface area contributed by atoms with Crippen molar-refractivity contribution in [1.82, 2.24) is 5.16 Å². The van der Waals surface area contributed by atoms with E-state index in [1.54, 1.807) is 12.1 Å². The summed E-state index contributed by atoms with van der Waals surface area (Å²) in [6.45, 7) is 3.93. The first-order valence-electron chi connectivity index (χ1n) is 12.8. The molecular formula is C31H30ClFN2O3. The number of nitrogens with one attached hydrogen (secondary N) is 1. The Labute approximate surface area is 226 Å². The molecule has 5 nitrogen and oxygen atoms in total. The second kappa shape index (κ2) is 10.6. The third kappa shape index (κ3) is 5.46. The normalized spacial score (nSPS) is 14.7. The number of hydrogen-bond donors (Lipinski definition) is 2. The number of hydrogen-bond acceptors (Lipinski definition) is 4. The number of aliphatic carboxylic acids is 1. The Morgan fingerprint density at radius 2 is 1.71 bits per heavy atom. The fraction of sp³-hybridized carbons (Fsp3) is 0.290. The molecule has 1 fully saturated rings. The van der Waals surface area contributed by atoms with Crippen LogP contribution in [0.25, 0.3) is 22.5 Å². The monoisotopic (exact) mass is 532 g/mol. The highest BCUT2D eigenvalue weighted by molar-refractivity contribution is 6.31. The molecule has 4 aromatic rings. The summed E-state index contributed by atoms with van der Waals surface area (Å²) >= 11 is 6.18. The van der Waals surface area contributed by atoms with Crippen LogP contribution in [-0.2, 0) is 16.6 Å². The molecule has 0 spiro atoms. The van der Waals surface area contributed by atoms with Crippen molar-refractivity contribution in [3.05, 3.63) is 94.4 Å². The van der Waals surface area contributed by atoms with Gasteiger partial charge in [-0.3, -0.25) is 4.79 Å². The van der Waals surface area contributed by atoms with Crippen molar-refractivity contribution in [2.45, 2.75) is 57.4 Å². The quantitative estimate of drug-likeness (QED) is 0.216. The van der Waals surface area contributed by atoms with Gasteiger partial charge >= 0.3 is 5.97 Å². The molecule has 0 amide bonds. The SMILES string of the molecule is Cc1noc(-c2ccc(-c3ccc(C4(CC(=O)O)CC4)cc3)cc2)c1NC(C)CCc1c(F)cccc1Cl. The molecule has 1 atom stereocenters. The fourth-order valence-electron chi connectivity index (χ4n) is 5.03. The highest BCUT2D eigenvalue weighted by atomic mass is 35.5. The van der Waals surface area contributed by atoms with E-state index in [0.717, 1.165) is 46.5 Å². The number of carboxylic acid groups (broad SMARTS) is 1. The highest BCUT2D eigenvalue weighted by Crippen LogP contribution is 2.51. The minimum absolute atomic E-state index is 0.0381. The van der Waals surface area contributed by atoms with E-state index < -0.39 is 5.97 Å². The number of anilines is 1. The van der Waals surface area contributed by atoms with Crippen molar-refractivity contribution >= 4 is 23.3 Å². The van der Waals surface area contributed by atoms with Crippen LogP contribution in [0, 0.1) is 12.7 Å². The first kappa shape index (κ1) is 26.0. The van der Waals surface area contributed by atoms with Crippen LogP contribution in [0.3, 0.4) is 0 Å². The minimum atomic E-state index is -0.748. The van der Waals surface area contributed by atoms with Gasteiger partial charge in [-0.15, -0.1) is 0 Å². The second-order valence-corrected chi connectivity index (χ2v) is 10.7. The van der Waals surface area contributed by atoms with Gasteiger partial charge in [0.2, 0.25) is 0 Å². The zero-order chi connectivity index (χ0) is 26.9. The van der Waals surface area contributed by atoms with E-state index in [4.69, 9.17) is 16.1 Å². The lowest BCUT2D eigenvalue weighted by Crippen LogP contribution is -2.17. The molecule has 0 radical (unpaired) electrons. The zero-order valence-electron chi connectivity index (χ0n) is 21.4. The van der Waals surface area contributed by atoms with Crippen LogP contribution in [0.5, 0.6) is 0 Å². The summed E-state index contributed by atoms with van der Waals surface area (Å²) in [4.78, 5) is 11.2. The van der Waals surface area contributed by atoms with Gasteiger partial charge in [0, 0.05) is 27.6 Å². The Balaban J connectivity index is 1.27. The van der Waals surface area contributed by atoms with Gasteiger partial charge in [0.1, 0.15) is 17.2 Å². The summed E-state index contributed by atoms with van der Waals surface area (Å²) in [7, 11) is 0. The lowest BCUT2D eigenvalue weighted by molar-refractivity contribution is -0.137. The molecule has 2 N–H and O–H groups in total. The summed E-state index contributed by atoms with van der Waals surface area (Å²) < 4.78 is 19.8. The number of carboxylic acids is 1. The molecule has 1 aliphatic carbocycles. The van der Waals surface area contributed by atoms with Gasteiger partial charge in [-0.05, 0) is 68.4 Å². The van der Waals surface area contributed by atoms with E-state index in [1.807, 2.05) is 38.1 Å². The zero-order valence-corrected chi connectivity index (χ0v) is 22.2. The molecule has 1 unspecified atom stereocenters. The molecular weight excluding hydrogens is 503 g/mol. The summed E-state index contributed by atoms with van der Waals surface area (Å²) in [6, 6.07) is 21.1. The van der Waals surface area contributed by atoms with Gasteiger partial charge in [0.05, 0.1) is 6.42 Å². The van der Waals surface area contributed by atoms with Gasteiger partial charge in [0.25, 0.3) is 0 Å². The molecule has 3 aromatic carbocycles. The predicted molar refractivity (Wildman–Crippen MR) is 148 cm³/mol. The van der Waals surface area contributed by atoms with E-state index >= 15 is 0 Å². The number of carbonyl (C=O) groups is 1. The predicted octanol–water partition coefficient (Wildman–Crippen LogP) is 8.05. The van der Waals surface area contributed by atoms with Crippen LogP contribution in [-0.4, -0.2) is 22.3 Å². The number of nitrogens with zero attached hydrogens (tertiary/aromatic N) is 1. The van der Waals surface area contributed by atoms with Crippen LogP contribution in [0.4, 0.5) is 10.1 Å². The molecule has 1 heterocycles. The standard InChI is InChI=1S/C31H30ClFN2O3/c1-19(6-15-25-26(32)4-3-5-27(25)33)34-29-20(2)35-38-30(29)23-9-7-21(8-10-23)22-11-13-24(14-12-22)31(16-17-31)18-28(36)37/h3-5,7-14,19,34H,6,15-18H2,1-2H3,(H,36,37). The van der Waals surface area contributed by atoms with Crippen LogP contribution in [0.2, 0.25) is 5.02 Å². The molecule has 0 aliphatic heterocycles. The fourth-order valence-corrected chi connectivity index (χ4v) is 5.28. The maximum absolute atomic E-state index is 14.2. The first-order valence-corrected chi connectivity index (χ1v) is 13.2. The summed E-state index contributed by atoms with van der Waals surface area (Å²) in [6.07, 6.45) is 3.24. The van der Waals surface area contributed by atoms with E-state index in [9.17, 15) is 14.3 Å². The van der Waals surface area contributed by atoms with Crippen LogP contribution in [0.1, 0.15) is 49.4 Å². The molecule has 7 heteroatoms. The number of halogens is 2. The van der Waals surface area contributed by atoms with Gasteiger partial charge in [-0.1, -0.05) is 71.4 Å². The molecule has 38 heavy (non-hydrogen) atoms. The summed E-state index contributed by atoms with van der Waals surface area (Å²) in [5.41, 5.74) is 6.04. The Morgan fingerprint density at radius 3 is 2.32 bits per heavy atom. The van der Waals surface area contributed by atoms with Crippen LogP contribution >= 0.6 is 11.6 Å². The first-order chi connectivity index (χ1) is 18.3. The molecule has 5 rings (SSSR count). The largest absolute Gasteiger partial charge is 0.481 e. The number of aromatic nitrogens is 1. The lowest BCUT2D eigenvalue weighted by atomic mass is 9.91. The average molecular weight is 533 g/mol. The Kier molecular flexibility index (Phi) is 7.26. The third-order valence-corrected chi connectivity index (χ3v) is 7.82. The van der Waals surface area contributed by atoms with Gasteiger partial charge in [-0.2, -0.15) is 0 Å². The van der Waals surface area contributed by atoms with Crippen molar-refractivity contribution in [2.75, 3.05) is 5.32 Å². The lowest BCUT2D eigenvalue weighted by Gasteiger charge is -2.16. The molecule has 1 aromatic heterocycles. The molecule has 1 saturated carbocycles. The van der Waals surface area contributed by atoms with Crippen molar-refractivity contribution < 1.29 is 18.8 Å². The van der Waals surface area contributed by atoms with Gasteiger partial charge in [0.15, 0.2) is 5.76 Å². The van der Waals surface area contributed by atoms with E-state index in [2.05, 4.69) is 34.7 Å². The summed E-state index contributed by atoms with van der Waals surface area (Å²) in [5, 5.41) is 17.3. The maximum Gasteiger partial charge on any atom is 0.304 e. The van der Waals surface area contributed by atoms with Gasteiger partial charge < -0.3 is 14.9 Å². The Morgan fingerprint density at radius 1 is 1.08 bits per heavy atom. The van der Waals surface area contributed by atoms with Crippen molar-refractivity contribution in [2.24, 2.45) is 0 Å². The maximum atomic E-state index is 14.2. The minimum Gasteiger partial charge on any atom is -0.481 e. The molecule has 1 aliphatic rings. The summed E-state index contributed by atoms with van der Waals surface area (Å²) in [5.74, 6) is -0.374. The van der Waals surface area contributed by atoms with Crippen molar-refractivity contribution in [1.29, 1.82) is 0 Å². The van der Waals surface area contributed by atoms with Crippen molar-refractivity contribution in [3.8, 4) is 22.5 Å². The van der Waals surface area contributed by atoms with E-state index in [1.165, 1.54) is 6.07 Å². The number of benzene rings is 3. The third-order valence-electron chi connectivity index (χ3n) is 7.46. The molecule has 0 bridgehead atoms. The second-order valence-electron chi connectivity index (χ2n) is 10.3. The molecule has 196 valence electrons. The van der Waals surface area contributed by atoms with Gasteiger partial charge in [-0.25, -0.2) is 4.39 Å².